The monoisotopic (exact) mass is 311 g/mol. The van der Waals surface area contributed by atoms with E-state index in [0.29, 0.717) is 10.6 Å². The van der Waals surface area contributed by atoms with E-state index in [4.69, 9.17) is 0 Å². The molecule has 2 aromatic carbocycles. The highest BCUT2D eigenvalue weighted by Crippen LogP contribution is 2.50. The normalized spacial score (nSPS) is 22.7. The van der Waals surface area contributed by atoms with Gasteiger partial charge >= 0.3 is 0 Å². The van der Waals surface area contributed by atoms with E-state index < -0.39 is 4.87 Å². The number of anilines is 1. The van der Waals surface area contributed by atoms with Crippen LogP contribution in [0.15, 0.2) is 53.6 Å². The number of carbonyl (C=O) groups excluding carboxylic acids is 1. The highest BCUT2D eigenvalue weighted by molar-refractivity contribution is 8.16. The van der Waals surface area contributed by atoms with Crippen molar-refractivity contribution in [2.24, 2.45) is 5.10 Å². The Labute approximate surface area is 131 Å². The van der Waals surface area contributed by atoms with Crippen LogP contribution in [0.25, 0.3) is 0 Å². The van der Waals surface area contributed by atoms with Crippen LogP contribution in [-0.2, 0) is 9.67 Å². The van der Waals surface area contributed by atoms with Crippen molar-refractivity contribution in [3.63, 3.8) is 0 Å². The highest BCUT2D eigenvalue weighted by atomic mass is 32.2. The number of nitrogens with one attached hydrogen (secondary N) is 1. The Morgan fingerprint density at radius 3 is 2.73 bits per heavy atom. The molecule has 2 N–H and O–H groups in total. The van der Waals surface area contributed by atoms with Crippen molar-refractivity contribution in [2.75, 3.05) is 11.9 Å². The van der Waals surface area contributed by atoms with E-state index in [-0.39, 0.29) is 11.7 Å². The van der Waals surface area contributed by atoms with Gasteiger partial charge in [0.2, 0.25) is 4.87 Å². The summed E-state index contributed by atoms with van der Waals surface area (Å²) in [4.78, 5) is 13.5. The second-order valence-corrected chi connectivity index (χ2v) is 6.41. The van der Waals surface area contributed by atoms with E-state index in [9.17, 15) is 9.90 Å². The lowest BCUT2D eigenvalue weighted by atomic mass is 10.1. The van der Waals surface area contributed by atoms with Gasteiger partial charge in [-0.1, -0.05) is 42.1 Å². The zero-order valence-corrected chi connectivity index (χ0v) is 12.6. The third kappa shape index (κ3) is 1.61. The molecule has 2 heterocycles. The Bertz CT molecular complexity index is 821. The summed E-state index contributed by atoms with van der Waals surface area (Å²) in [6, 6.07) is 14.7. The largest absolute Gasteiger partial charge is 0.507 e. The smallest absolute Gasteiger partial charge is 0.269 e. The third-order valence-corrected chi connectivity index (χ3v) is 5.25. The van der Waals surface area contributed by atoms with Crippen molar-refractivity contribution in [3.8, 4) is 5.75 Å². The summed E-state index contributed by atoms with van der Waals surface area (Å²) in [6.45, 7) is 0. The van der Waals surface area contributed by atoms with Gasteiger partial charge in [-0.2, -0.15) is 5.10 Å². The van der Waals surface area contributed by atoms with Crippen LogP contribution in [0, 0.1) is 0 Å². The summed E-state index contributed by atoms with van der Waals surface area (Å²) >= 11 is 1.33. The molecule has 4 rings (SSSR count). The first kappa shape index (κ1) is 13.2. The lowest BCUT2D eigenvalue weighted by Crippen LogP contribution is -2.43. The Morgan fingerprint density at radius 2 is 1.91 bits per heavy atom. The Hall–Kier alpha value is -2.47. The second kappa shape index (κ2) is 4.51. The standard InChI is InChI=1S/C16H13N3O2S/c1-19-12-8-4-3-7-11(12)16(15(19)21)18-17-14(22-16)10-6-2-5-9-13(10)20/h2-9,18,20H,1H3/t16-/m0/s1. The molecule has 0 fully saturated rings. The number of hydrogen-bond acceptors (Lipinski definition) is 5. The maximum Gasteiger partial charge on any atom is 0.269 e. The number of aromatic hydroxyl groups is 1. The van der Waals surface area contributed by atoms with Crippen LogP contribution < -0.4 is 10.3 Å². The molecule has 0 aliphatic carbocycles. The number of amides is 1. The summed E-state index contributed by atoms with van der Waals surface area (Å²) in [5.74, 6) is 0.0903. The number of thioether (sulfide) groups is 1. The number of rotatable bonds is 1. The number of benzene rings is 2. The van der Waals surface area contributed by atoms with Gasteiger partial charge in [0.1, 0.15) is 10.8 Å². The fourth-order valence-electron chi connectivity index (χ4n) is 2.82. The molecule has 6 heteroatoms. The first-order valence-corrected chi connectivity index (χ1v) is 7.65. The lowest BCUT2D eigenvalue weighted by Gasteiger charge is -2.21. The number of likely N-dealkylation sites (N-methyl/N-ethyl adjacent to an activating group) is 1. The molecule has 1 atom stereocenters. The molecule has 2 aliphatic heterocycles. The molecule has 2 aromatic rings. The quantitative estimate of drug-likeness (QED) is 0.847. The van der Waals surface area contributed by atoms with Crippen molar-refractivity contribution in [1.29, 1.82) is 0 Å². The minimum absolute atomic E-state index is 0.0622. The predicted molar refractivity (Wildman–Crippen MR) is 86.9 cm³/mol. The average molecular weight is 311 g/mol. The van der Waals surface area contributed by atoms with Crippen LogP contribution in [0.2, 0.25) is 0 Å². The van der Waals surface area contributed by atoms with Gasteiger partial charge in [-0.05, 0) is 18.2 Å². The average Bonchev–Trinajstić information content (AvgIpc) is 3.07. The fourth-order valence-corrected chi connectivity index (χ4v) is 4.08. The molecular weight excluding hydrogens is 298 g/mol. The van der Waals surface area contributed by atoms with E-state index >= 15 is 0 Å². The van der Waals surface area contributed by atoms with Crippen LogP contribution >= 0.6 is 11.8 Å². The van der Waals surface area contributed by atoms with Gasteiger partial charge in [-0.3, -0.25) is 10.2 Å². The summed E-state index contributed by atoms with van der Waals surface area (Å²) in [7, 11) is 1.76. The molecular formula is C16H13N3O2S. The molecule has 0 unspecified atom stereocenters. The van der Waals surface area contributed by atoms with E-state index in [2.05, 4.69) is 10.5 Å². The number of fused-ring (bicyclic) bond motifs is 2. The Kier molecular flexibility index (Phi) is 2.71. The van der Waals surface area contributed by atoms with Crippen LogP contribution in [0.3, 0.4) is 0 Å². The summed E-state index contributed by atoms with van der Waals surface area (Å²) in [5, 5.41) is 14.9. The maximum absolute atomic E-state index is 12.8. The summed E-state index contributed by atoms with van der Waals surface area (Å²) in [6.07, 6.45) is 0. The van der Waals surface area contributed by atoms with Gasteiger partial charge in [0.05, 0.1) is 11.3 Å². The van der Waals surface area contributed by atoms with Crippen molar-refractivity contribution < 1.29 is 9.90 Å². The molecule has 110 valence electrons. The maximum atomic E-state index is 12.8. The summed E-state index contributed by atoms with van der Waals surface area (Å²) in [5.41, 5.74) is 5.38. The minimum atomic E-state index is -0.942. The van der Waals surface area contributed by atoms with Gasteiger partial charge in [0, 0.05) is 12.6 Å². The number of phenols is 1. The van der Waals surface area contributed by atoms with Gasteiger partial charge in [-0.25, -0.2) is 0 Å². The van der Waals surface area contributed by atoms with Crippen molar-refractivity contribution in [2.45, 2.75) is 4.87 Å². The van der Waals surface area contributed by atoms with E-state index in [1.54, 1.807) is 30.1 Å². The second-order valence-electron chi connectivity index (χ2n) is 5.21. The number of para-hydroxylation sites is 2. The topological polar surface area (TPSA) is 64.9 Å². The SMILES string of the molecule is CN1C(=O)[C@]2(NN=C(c3ccccc3O)S2)c2ccccc21. The van der Waals surface area contributed by atoms with Gasteiger partial charge in [-0.15, -0.1) is 0 Å². The molecule has 1 amide bonds. The number of nitrogens with zero attached hydrogens (tertiary/aromatic N) is 2. The molecule has 5 nitrogen and oxygen atoms in total. The van der Waals surface area contributed by atoms with Crippen LogP contribution in [0.1, 0.15) is 11.1 Å². The number of carbonyl (C=O) groups is 1. The van der Waals surface area contributed by atoms with E-state index in [0.717, 1.165) is 11.3 Å². The molecule has 2 aliphatic rings. The first-order chi connectivity index (χ1) is 10.6. The zero-order chi connectivity index (χ0) is 15.3. The Morgan fingerprint density at radius 1 is 1.18 bits per heavy atom. The highest BCUT2D eigenvalue weighted by Gasteiger charge is 2.54. The van der Waals surface area contributed by atoms with Gasteiger partial charge < -0.3 is 10.0 Å². The Balaban J connectivity index is 1.78. The minimum Gasteiger partial charge on any atom is -0.507 e. The zero-order valence-electron chi connectivity index (χ0n) is 11.8. The molecule has 0 radical (unpaired) electrons. The van der Waals surface area contributed by atoms with Gasteiger partial charge in [0.15, 0.2) is 0 Å². The third-order valence-electron chi connectivity index (χ3n) is 3.95. The first-order valence-electron chi connectivity index (χ1n) is 6.83. The fraction of sp³-hybridized carbons (Fsp3) is 0.125. The van der Waals surface area contributed by atoms with Crippen molar-refractivity contribution >= 4 is 28.4 Å². The van der Waals surface area contributed by atoms with Crippen LogP contribution in [-0.4, -0.2) is 23.1 Å². The van der Waals surface area contributed by atoms with Crippen molar-refractivity contribution in [1.82, 2.24) is 5.43 Å². The van der Waals surface area contributed by atoms with Crippen molar-refractivity contribution in [3.05, 3.63) is 59.7 Å². The molecule has 1 spiro atoms. The molecule has 22 heavy (non-hydrogen) atoms. The number of hydrazone groups is 1. The van der Waals surface area contributed by atoms with E-state index in [1.165, 1.54) is 11.8 Å². The predicted octanol–water partition coefficient (Wildman–Crippen LogP) is 2.22. The molecule has 0 saturated carbocycles. The van der Waals surface area contributed by atoms with E-state index in [1.807, 2.05) is 30.3 Å². The summed E-state index contributed by atoms with van der Waals surface area (Å²) < 4.78 is 0. The van der Waals surface area contributed by atoms with Gasteiger partial charge in [0.25, 0.3) is 5.91 Å². The van der Waals surface area contributed by atoms with Crippen LogP contribution in [0.4, 0.5) is 5.69 Å². The molecule has 0 aromatic heterocycles. The molecule has 0 bridgehead atoms. The van der Waals surface area contributed by atoms with Crippen LogP contribution in [0.5, 0.6) is 5.75 Å². The number of phenolic OH excluding ortho intramolecular Hbond substituents is 1. The lowest BCUT2D eigenvalue weighted by molar-refractivity contribution is -0.120. The number of hydrogen-bond donors (Lipinski definition) is 2. The molecule has 0 saturated heterocycles.